The fourth-order valence-electron chi connectivity index (χ4n) is 4.60. The minimum absolute atomic E-state index is 0.0551. The molecule has 0 radical (unpaired) electrons. The summed E-state index contributed by atoms with van der Waals surface area (Å²) in [4.78, 5) is 24.5. The molecule has 2 aromatic rings. The second-order valence-electron chi connectivity index (χ2n) is 8.79. The SMILES string of the molecule is CC(C)Nc1nccc(N(CC2CCCCC2)C(=O)c2ccc3c(c2)CCC3)n1. The number of hydrogen-bond acceptors (Lipinski definition) is 4. The lowest BCUT2D eigenvalue weighted by Gasteiger charge is -2.29. The highest BCUT2D eigenvalue weighted by Gasteiger charge is 2.25. The molecule has 154 valence electrons. The normalized spacial score (nSPS) is 16.7. The standard InChI is InChI=1S/C24H32N4O/c1-17(2)26-24-25-14-13-22(27-24)28(16-18-7-4-3-5-8-18)23(29)21-12-11-19-9-6-10-20(19)15-21/h11-15,17-18H,3-10,16H2,1-2H3,(H,25,26,27). The molecule has 0 atom stereocenters. The first-order valence-corrected chi connectivity index (χ1v) is 11.1. The Labute approximate surface area is 173 Å². The van der Waals surface area contributed by atoms with Crippen LogP contribution in [0.5, 0.6) is 0 Å². The van der Waals surface area contributed by atoms with E-state index in [4.69, 9.17) is 0 Å². The van der Waals surface area contributed by atoms with Gasteiger partial charge in [0.25, 0.3) is 5.91 Å². The number of aromatic nitrogens is 2. The van der Waals surface area contributed by atoms with Gasteiger partial charge in [0, 0.05) is 24.3 Å². The minimum atomic E-state index is 0.0551. The monoisotopic (exact) mass is 392 g/mol. The highest BCUT2D eigenvalue weighted by molar-refractivity contribution is 6.05. The van der Waals surface area contributed by atoms with Gasteiger partial charge in [-0.05, 0) is 81.2 Å². The highest BCUT2D eigenvalue weighted by atomic mass is 16.2. The van der Waals surface area contributed by atoms with Crippen molar-refractivity contribution in [3.05, 3.63) is 47.2 Å². The maximum Gasteiger partial charge on any atom is 0.259 e. The molecular formula is C24H32N4O. The molecular weight excluding hydrogens is 360 g/mol. The number of hydrogen-bond donors (Lipinski definition) is 1. The number of carbonyl (C=O) groups is 1. The van der Waals surface area contributed by atoms with E-state index < -0.39 is 0 Å². The van der Waals surface area contributed by atoms with Gasteiger partial charge in [-0.2, -0.15) is 4.98 Å². The zero-order valence-electron chi connectivity index (χ0n) is 17.7. The molecule has 0 spiro atoms. The molecule has 5 heteroatoms. The lowest BCUT2D eigenvalue weighted by atomic mass is 9.89. The Bertz CT molecular complexity index is 858. The predicted octanol–water partition coefficient (Wildman–Crippen LogP) is 5.01. The van der Waals surface area contributed by atoms with Gasteiger partial charge >= 0.3 is 0 Å². The Hall–Kier alpha value is -2.43. The second kappa shape index (κ2) is 8.93. The van der Waals surface area contributed by atoms with E-state index in [1.807, 2.05) is 17.0 Å². The molecule has 1 saturated carbocycles. The Morgan fingerprint density at radius 3 is 2.69 bits per heavy atom. The summed E-state index contributed by atoms with van der Waals surface area (Å²) in [6, 6.07) is 8.34. The lowest BCUT2D eigenvalue weighted by Crippen LogP contribution is -2.37. The average Bonchev–Trinajstić information content (AvgIpc) is 3.20. The topological polar surface area (TPSA) is 58.1 Å². The van der Waals surface area contributed by atoms with Crippen molar-refractivity contribution < 1.29 is 4.79 Å². The molecule has 1 aromatic heterocycles. The number of fused-ring (bicyclic) bond motifs is 1. The van der Waals surface area contributed by atoms with E-state index >= 15 is 0 Å². The third-order valence-electron chi connectivity index (χ3n) is 6.09. The highest BCUT2D eigenvalue weighted by Crippen LogP contribution is 2.28. The van der Waals surface area contributed by atoms with Crippen LogP contribution in [0, 0.1) is 5.92 Å². The van der Waals surface area contributed by atoms with Crippen LogP contribution >= 0.6 is 0 Å². The maximum atomic E-state index is 13.6. The van der Waals surface area contributed by atoms with Gasteiger partial charge in [0.2, 0.25) is 5.95 Å². The van der Waals surface area contributed by atoms with E-state index in [0.29, 0.717) is 17.7 Å². The van der Waals surface area contributed by atoms with Gasteiger partial charge < -0.3 is 5.32 Å². The van der Waals surface area contributed by atoms with Crippen LogP contribution in [0.3, 0.4) is 0 Å². The van der Waals surface area contributed by atoms with E-state index in [-0.39, 0.29) is 11.9 Å². The van der Waals surface area contributed by atoms with Gasteiger partial charge in [0.1, 0.15) is 5.82 Å². The summed E-state index contributed by atoms with van der Waals surface area (Å²) >= 11 is 0. The fraction of sp³-hybridized carbons (Fsp3) is 0.542. The molecule has 1 amide bonds. The molecule has 0 unspecified atom stereocenters. The van der Waals surface area contributed by atoms with Crippen LogP contribution in [-0.2, 0) is 12.8 Å². The molecule has 1 aromatic carbocycles. The Kier molecular flexibility index (Phi) is 6.12. The molecule has 1 N–H and O–H groups in total. The van der Waals surface area contributed by atoms with Gasteiger partial charge in [0.05, 0.1) is 0 Å². The van der Waals surface area contributed by atoms with Crippen molar-refractivity contribution in [2.75, 3.05) is 16.8 Å². The van der Waals surface area contributed by atoms with Gasteiger partial charge in [-0.25, -0.2) is 4.98 Å². The predicted molar refractivity (Wildman–Crippen MR) is 118 cm³/mol. The first-order valence-electron chi connectivity index (χ1n) is 11.1. The third kappa shape index (κ3) is 4.77. The maximum absolute atomic E-state index is 13.6. The molecule has 2 aliphatic rings. The summed E-state index contributed by atoms with van der Waals surface area (Å²) in [7, 11) is 0. The molecule has 2 aliphatic carbocycles. The van der Waals surface area contributed by atoms with Crippen molar-refractivity contribution in [3.8, 4) is 0 Å². The van der Waals surface area contributed by atoms with Crippen molar-refractivity contribution >= 4 is 17.7 Å². The minimum Gasteiger partial charge on any atom is -0.352 e. The van der Waals surface area contributed by atoms with E-state index in [2.05, 4.69) is 41.3 Å². The first-order chi connectivity index (χ1) is 14.1. The van der Waals surface area contributed by atoms with Crippen molar-refractivity contribution in [1.29, 1.82) is 0 Å². The number of nitrogens with one attached hydrogen (secondary N) is 1. The van der Waals surface area contributed by atoms with E-state index in [1.54, 1.807) is 6.20 Å². The molecule has 1 fully saturated rings. The Balaban J connectivity index is 1.63. The number of anilines is 2. The summed E-state index contributed by atoms with van der Waals surface area (Å²) in [5, 5.41) is 3.26. The number of benzene rings is 1. The summed E-state index contributed by atoms with van der Waals surface area (Å²) in [5.41, 5.74) is 3.50. The first kappa shape index (κ1) is 19.9. The molecule has 0 saturated heterocycles. The largest absolute Gasteiger partial charge is 0.352 e. The van der Waals surface area contributed by atoms with Crippen LogP contribution in [0.15, 0.2) is 30.5 Å². The van der Waals surface area contributed by atoms with Crippen LogP contribution in [0.1, 0.15) is 73.9 Å². The molecule has 5 nitrogen and oxygen atoms in total. The van der Waals surface area contributed by atoms with Gasteiger partial charge in [0.15, 0.2) is 0 Å². The summed E-state index contributed by atoms with van der Waals surface area (Å²) in [6.45, 7) is 4.85. The van der Waals surface area contributed by atoms with E-state index in [0.717, 1.165) is 24.9 Å². The number of carbonyl (C=O) groups excluding carboxylic acids is 1. The molecule has 0 bridgehead atoms. The lowest BCUT2D eigenvalue weighted by molar-refractivity contribution is 0.0979. The summed E-state index contributed by atoms with van der Waals surface area (Å²) in [5.74, 6) is 1.87. The van der Waals surface area contributed by atoms with E-state index in [9.17, 15) is 4.79 Å². The van der Waals surface area contributed by atoms with Crippen molar-refractivity contribution in [2.24, 2.45) is 5.92 Å². The summed E-state index contributed by atoms with van der Waals surface area (Å²) < 4.78 is 0. The third-order valence-corrected chi connectivity index (χ3v) is 6.09. The van der Waals surface area contributed by atoms with Crippen LogP contribution in [0.25, 0.3) is 0 Å². The van der Waals surface area contributed by atoms with Gasteiger partial charge in [-0.15, -0.1) is 0 Å². The fourth-order valence-corrected chi connectivity index (χ4v) is 4.60. The van der Waals surface area contributed by atoms with E-state index in [1.165, 1.54) is 49.7 Å². The Morgan fingerprint density at radius 2 is 1.90 bits per heavy atom. The van der Waals surface area contributed by atoms with Gasteiger partial charge in [-0.1, -0.05) is 25.3 Å². The number of rotatable bonds is 6. The summed E-state index contributed by atoms with van der Waals surface area (Å²) in [6.07, 6.45) is 11.4. The average molecular weight is 393 g/mol. The zero-order chi connectivity index (χ0) is 20.2. The number of amides is 1. The molecule has 0 aliphatic heterocycles. The zero-order valence-corrected chi connectivity index (χ0v) is 17.7. The smallest absolute Gasteiger partial charge is 0.259 e. The Morgan fingerprint density at radius 1 is 1.10 bits per heavy atom. The quantitative estimate of drug-likeness (QED) is 0.750. The molecule has 4 rings (SSSR count). The van der Waals surface area contributed by atoms with Crippen LogP contribution < -0.4 is 10.2 Å². The van der Waals surface area contributed by atoms with Crippen LogP contribution in [0.2, 0.25) is 0 Å². The van der Waals surface area contributed by atoms with Crippen molar-refractivity contribution in [3.63, 3.8) is 0 Å². The number of nitrogens with zero attached hydrogens (tertiary/aromatic N) is 3. The van der Waals surface area contributed by atoms with Gasteiger partial charge in [-0.3, -0.25) is 9.69 Å². The van der Waals surface area contributed by atoms with Crippen LogP contribution in [-0.4, -0.2) is 28.5 Å². The van der Waals surface area contributed by atoms with Crippen LogP contribution in [0.4, 0.5) is 11.8 Å². The van der Waals surface area contributed by atoms with Crippen molar-refractivity contribution in [2.45, 2.75) is 71.3 Å². The molecule has 29 heavy (non-hydrogen) atoms. The molecule has 1 heterocycles. The second-order valence-corrected chi connectivity index (χ2v) is 8.79. The number of aryl methyl sites for hydroxylation is 2. The van der Waals surface area contributed by atoms with Crippen molar-refractivity contribution in [1.82, 2.24) is 9.97 Å².